The van der Waals surface area contributed by atoms with Crippen molar-refractivity contribution in [2.45, 2.75) is 43.8 Å². The molecule has 2 saturated heterocycles. The molecule has 0 radical (unpaired) electrons. The maximum Gasteiger partial charge on any atom is 0.231 e. The first-order valence-electron chi connectivity index (χ1n) is 12.1. The van der Waals surface area contributed by atoms with Gasteiger partial charge in [-0.15, -0.1) is 0 Å². The van der Waals surface area contributed by atoms with Gasteiger partial charge in [-0.3, -0.25) is 4.79 Å². The van der Waals surface area contributed by atoms with E-state index in [1.807, 2.05) is 36.1 Å². The molecule has 1 aromatic carbocycles. The number of nitrogens with one attached hydrogen (secondary N) is 1. The number of alkyl halides is 1. The summed E-state index contributed by atoms with van der Waals surface area (Å²) in [6.45, 7) is 6.55. The molecule has 34 heavy (non-hydrogen) atoms. The van der Waals surface area contributed by atoms with Gasteiger partial charge in [0.15, 0.2) is 0 Å². The molecule has 7 nitrogen and oxygen atoms in total. The van der Waals surface area contributed by atoms with Gasteiger partial charge in [0.1, 0.15) is 18.3 Å². The Hall–Kier alpha value is -2.29. The van der Waals surface area contributed by atoms with Crippen LogP contribution >= 0.6 is 11.6 Å². The van der Waals surface area contributed by atoms with Gasteiger partial charge in [0, 0.05) is 56.0 Å². The molecule has 182 valence electrons. The second-order valence-electron chi connectivity index (χ2n) is 9.49. The predicted molar refractivity (Wildman–Crippen MR) is 129 cm³/mol. The molecule has 0 spiro atoms. The highest BCUT2D eigenvalue weighted by Crippen LogP contribution is 2.44. The molecule has 4 atom stereocenters. The van der Waals surface area contributed by atoms with Gasteiger partial charge in [-0.2, -0.15) is 0 Å². The lowest BCUT2D eigenvalue weighted by Gasteiger charge is -2.38. The van der Waals surface area contributed by atoms with Crippen LogP contribution in [0.1, 0.15) is 54.6 Å². The van der Waals surface area contributed by atoms with Crippen molar-refractivity contribution >= 4 is 23.3 Å². The quantitative estimate of drug-likeness (QED) is 0.673. The van der Waals surface area contributed by atoms with Crippen molar-refractivity contribution in [2.24, 2.45) is 0 Å². The summed E-state index contributed by atoms with van der Waals surface area (Å²) in [5.41, 5.74) is 2.41. The minimum atomic E-state index is -1.02. The fraction of sp³-hybridized carbons (Fsp3) is 0.560. The van der Waals surface area contributed by atoms with E-state index in [4.69, 9.17) is 16.3 Å². The molecule has 0 bridgehead atoms. The Labute approximate surface area is 204 Å². The van der Waals surface area contributed by atoms with Gasteiger partial charge in [-0.25, -0.2) is 14.4 Å². The van der Waals surface area contributed by atoms with Gasteiger partial charge in [-0.05, 0) is 36.5 Å². The van der Waals surface area contributed by atoms with E-state index >= 15 is 0 Å². The zero-order valence-electron chi connectivity index (χ0n) is 19.4. The van der Waals surface area contributed by atoms with E-state index in [2.05, 4.69) is 20.2 Å². The van der Waals surface area contributed by atoms with E-state index in [0.29, 0.717) is 56.5 Å². The Kier molecular flexibility index (Phi) is 6.99. The summed E-state index contributed by atoms with van der Waals surface area (Å²) >= 11 is 6.09. The van der Waals surface area contributed by atoms with Crippen LogP contribution in [0.2, 0.25) is 5.02 Å². The average Bonchev–Trinajstić information content (AvgIpc) is 3.48. The topological polar surface area (TPSA) is 70.6 Å². The van der Waals surface area contributed by atoms with Crippen molar-refractivity contribution < 1.29 is 13.9 Å². The van der Waals surface area contributed by atoms with E-state index in [1.165, 1.54) is 6.33 Å². The number of ether oxygens (including phenoxy) is 1. The van der Waals surface area contributed by atoms with Crippen LogP contribution in [0.25, 0.3) is 0 Å². The van der Waals surface area contributed by atoms with E-state index in [1.54, 1.807) is 0 Å². The lowest BCUT2D eigenvalue weighted by molar-refractivity contribution is -0.133. The number of hydrogen-bond acceptors (Lipinski definition) is 6. The standard InChI is InChI=1S/C25H31ClFN5O2/c1-16-12-21(27)23-22(16)24(30-15-29-23)31-7-9-32(10-8-31)25(33)20(13-28-19-6-11-34-14-19)17-2-4-18(26)5-3-17/h2-5,15-16,19-21,28H,6-14H2,1H3/t16-,19-,20-,21-/m1/s1. The summed E-state index contributed by atoms with van der Waals surface area (Å²) in [5, 5.41) is 4.17. The number of aromatic nitrogens is 2. The molecule has 5 rings (SSSR count). The minimum absolute atomic E-state index is 0.0980. The Morgan fingerprint density at radius 2 is 2.00 bits per heavy atom. The number of fused-ring (bicyclic) bond motifs is 1. The molecule has 1 amide bonds. The van der Waals surface area contributed by atoms with Crippen molar-refractivity contribution in [2.75, 3.05) is 50.8 Å². The van der Waals surface area contributed by atoms with Gasteiger partial charge in [0.2, 0.25) is 5.91 Å². The van der Waals surface area contributed by atoms with Gasteiger partial charge in [0.25, 0.3) is 0 Å². The van der Waals surface area contributed by atoms with E-state index < -0.39 is 6.17 Å². The van der Waals surface area contributed by atoms with E-state index in [9.17, 15) is 9.18 Å². The molecule has 2 fully saturated rings. The normalized spacial score (nSPS) is 25.4. The highest BCUT2D eigenvalue weighted by molar-refractivity contribution is 6.30. The Morgan fingerprint density at radius 1 is 1.24 bits per heavy atom. The van der Waals surface area contributed by atoms with E-state index in [-0.39, 0.29) is 23.8 Å². The van der Waals surface area contributed by atoms with Crippen LogP contribution in [-0.2, 0) is 9.53 Å². The van der Waals surface area contributed by atoms with Crippen LogP contribution in [0.3, 0.4) is 0 Å². The van der Waals surface area contributed by atoms with Crippen LogP contribution < -0.4 is 10.2 Å². The number of anilines is 1. The summed E-state index contributed by atoms with van der Waals surface area (Å²) in [6.07, 6.45) is 1.86. The molecule has 1 N–H and O–H groups in total. The number of halogens is 2. The predicted octanol–water partition coefficient (Wildman–Crippen LogP) is 3.46. The molecule has 1 aliphatic carbocycles. The summed E-state index contributed by atoms with van der Waals surface area (Å²) in [5.74, 6) is 0.737. The molecule has 0 saturated carbocycles. The highest BCUT2D eigenvalue weighted by atomic mass is 35.5. The first-order valence-corrected chi connectivity index (χ1v) is 12.5. The summed E-state index contributed by atoms with van der Waals surface area (Å²) in [6, 6.07) is 7.83. The molecule has 2 aliphatic heterocycles. The Bertz CT molecular complexity index is 1010. The van der Waals surface area contributed by atoms with Crippen LogP contribution in [0.4, 0.5) is 10.2 Å². The van der Waals surface area contributed by atoms with Crippen LogP contribution in [0.15, 0.2) is 30.6 Å². The Morgan fingerprint density at radius 3 is 2.71 bits per heavy atom. The third-order valence-corrected chi connectivity index (χ3v) is 7.50. The second-order valence-corrected chi connectivity index (χ2v) is 9.92. The zero-order valence-corrected chi connectivity index (χ0v) is 20.2. The largest absolute Gasteiger partial charge is 0.380 e. The molecule has 3 aliphatic rings. The van der Waals surface area contributed by atoms with Crippen molar-refractivity contribution in [3.63, 3.8) is 0 Å². The first kappa shape index (κ1) is 23.5. The van der Waals surface area contributed by atoms with Gasteiger partial charge in [0.05, 0.1) is 18.2 Å². The van der Waals surface area contributed by atoms with Gasteiger partial charge >= 0.3 is 0 Å². The summed E-state index contributed by atoms with van der Waals surface area (Å²) in [7, 11) is 0. The first-order chi connectivity index (χ1) is 16.5. The molecule has 1 aromatic heterocycles. The van der Waals surface area contributed by atoms with Crippen molar-refractivity contribution in [3.8, 4) is 0 Å². The number of piperazine rings is 1. The smallest absolute Gasteiger partial charge is 0.231 e. The number of amides is 1. The summed E-state index contributed by atoms with van der Waals surface area (Å²) < 4.78 is 19.8. The molecular formula is C25H31ClFN5O2. The number of carbonyl (C=O) groups is 1. The zero-order chi connectivity index (χ0) is 23.7. The maximum absolute atomic E-state index is 14.4. The molecule has 2 aromatic rings. The minimum Gasteiger partial charge on any atom is -0.380 e. The SMILES string of the molecule is C[C@@H]1C[C@@H](F)c2ncnc(N3CCN(C(=O)[C@H](CN[C@@H]4CCOC4)c4ccc(Cl)cc4)CC3)c21. The molecule has 3 heterocycles. The highest BCUT2D eigenvalue weighted by Gasteiger charge is 2.36. The number of rotatable bonds is 6. The number of carbonyl (C=O) groups excluding carboxylic acids is 1. The second kappa shape index (κ2) is 10.1. The number of benzene rings is 1. The van der Waals surface area contributed by atoms with Gasteiger partial charge in [-0.1, -0.05) is 30.7 Å². The third kappa shape index (κ3) is 4.76. The lowest BCUT2D eigenvalue weighted by Crippen LogP contribution is -2.51. The Balaban J connectivity index is 1.28. The van der Waals surface area contributed by atoms with Gasteiger partial charge < -0.3 is 19.9 Å². The lowest BCUT2D eigenvalue weighted by atomic mass is 9.96. The maximum atomic E-state index is 14.4. The van der Waals surface area contributed by atoms with Crippen molar-refractivity contribution in [3.05, 3.63) is 52.4 Å². The number of hydrogen-bond donors (Lipinski definition) is 1. The fourth-order valence-electron chi connectivity index (χ4n) is 5.30. The fourth-order valence-corrected chi connectivity index (χ4v) is 5.42. The third-order valence-electron chi connectivity index (χ3n) is 7.25. The van der Waals surface area contributed by atoms with Crippen molar-refractivity contribution in [1.29, 1.82) is 0 Å². The molecular weight excluding hydrogens is 457 g/mol. The van der Waals surface area contributed by atoms with Crippen LogP contribution in [-0.4, -0.2) is 72.8 Å². The monoisotopic (exact) mass is 487 g/mol. The van der Waals surface area contributed by atoms with Crippen LogP contribution in [0.5, 0.6) is 0 Å². The number of nitrogens with zero attached hydrogens (tertiary/aromatic N) is 4. The van der Waals surface area contributed by atoms with E-state index in [0.717, 1.165) is 30.0 Å². The molecule has 9 heteroatoms. The average molecular weight is 488 g/mol. The van der Waals surface area contributed by atoms with Crippen LogP contribution in [0, 0.1) is 0 Å². The summed E-state index contributed by atoms with van der Waals surface area (Å²) in [4.78, 5) is 26.5. The molecule has 0 unspecified atom stereocenters. The van der Waals surface area contributed by atoms with Crippen molar-refractivity contribution in [1.82, 2.24) is 20.2 Å².